The zero-order valence-corrected chi connectivity index (χ0v) is 9.34. The Kier molecular flexibility index (Phi) is 2.08. The van der Waals surface area contributed by atoms with Crippen LogP contribution in [-0.4, -0.2) is 10.1 Å². The van der Waals surface area contributed by atoms with Crippen molar-refractivity contribution in [1.29, 1.82) is 0 Å². The minimum atomic E-state index is 0.362. The van der Waals surface area contributed by atoms with Gasteiger partial charge in [0.25, 0.3) is 0 Å². The van der Waals surface area contributed by atoms with Gasteiger partial charge in [-0.1, -0.05) is 23.4 Å². The first kappa shape index (κ1) is 9.84. The molecule has 0 amide bonds. The molecule has 0 unspecified atom stereocenters. The van der Waals surface area contributed by atoms with E-state index in [4.69, 9.17) is 10.3 Å². The number of nitrogen functional groups attached to an aromatic ring is 1. The van der Waals surface area contributed by atoms with Crippen molar-refractivity contribution >= 4 is 16.8 Å². The van der Waals surface area contributed by atoms with Gasteiger partial charge in [-0.05, 0) is 19.1 Å². The number of pyridine rings is 1. The largest absolute Gasteiger partial charge is 0.367 e. The smallest absolute Gasteiger partial charge is 0.225 e. The van der Waals surface area contributed by atoms with Crippen LogP contribution >= 0.6 is 0 Å². The van der Waals surface area contributed by atoms with E-state index in [1.165, 1.54) is 0 Å². The molecule has 0 saturated carbocycles. The molecule has 2 aromatic heterocycles. The molecule has 0 fully saturated rings. The van der Waals surface area contributed by atoms with Crippen LogP contribution in [0.3, 0.4) is 0 Å². The molecule has 0 radical (unpaired) electrons. The minimum absolute atomic E-state index is 0.362. The molecule has 4 heteroatoms. The normalized spacial score (nSPS) is 10.9. The van der Waals surface area contributed by atoms with E-state index in [0.717, 1.165) is 27.7 Å². The number of fused-ring (bicyclic) bond motifs is 1. The summed E-state index contributed by atoms with van der Waals surface area (Å²) in [5, 5.41) is 5.06. The number of rotatable bonds is 1. The third kappa shape index (κ3) is 1.45. The SMILES string of the molecule is Cc1c(-c2cccc3ncccc23)noc1N. The van der Waals surface area contributed by atoms with Crippen molar-refractivity contribution in [3.05, 3.63) is 42.1 Å². The van der Waals surface area contributed by atoms with Crippen molar-refractivity contribution in [1.82, 2.24) is 10.1 Å². The van der Waals surface area contributed by atoms with Crippen LogP contribution in [0.5, 0.6) is 0 Å². The van der Waals surface area contributed by atoms with E-state index in [9.17, 15) is 0 Å². The first-order valence-electron chi connectivity index (χ1n) is 5.33. The number of nitrogens with zero attached hydrogens (tertiary/aromatic N) is 2. The fraction of sp³-hybridized carbons (Fsp3) is 0.0769. The summed E-state index contributed by atoms with van der Waals surface area (Å²) in [5.41, 5.74) is 9.25. The molecule has 4 nitrogen and oxygen atoms in total. The highest BCUT2D eigenvalue weighted by molar-refractivity contribution is 5.94. The highest BCUT2D eigenvalue weighted by atomic mass is 16.5. The Balaban J connectivity index is 2.34. The Morgan fingerprint density at radius 1 is 1.18 bits per heavy atom. The molecule has 1 aromatic carbocycles. The van der Waals surface area contributed by atoms with E-state index in [0.29, 0.717) is 5.88 Å². The van der Waals surface area contributed by atoms with Crippen LogP contribution in [0.4, 0.5) is 5.88 Å². The van der Waals surface area contributed by atoms with Crippen LogP contribution in [0.2, 0.25) is 0 Å². The molecule has 84 valence electrons. The van der Waals surface area contributed by atoms with Crippen LogP contribution in [0.25, 0.3) is 22.2 Å². The molecule has 2 heterocycles. The lowest BCUT2D eigenvalue weighted by Gasteiger charge is -2.03. The first-order valence-corrected chi connectivity index (χ1v) is 5.33. The molecule has 0 spiro atoms. The zero-order valence-electron chi connectivity index (χ0n) is 9.34. The summed E-state index contributed by atoms with van der Waals surface area (Å²) in [5.74, 6) is 0.362. The summed E-state index contributed by atoms with van der Waals surface area (Å²) in [6.45, 7) is 1.90. The van der Waals surface area contributed by atoms with Crippen LogP contribution in [-0.2, 0) is 0 Å². The number of hydrogen-bond donors (Lipinski definition) is 1. The van der Waals surface area contributed by atoms with Gasteiger partial charge in [-0.3, -0.25) is 4.98 Å². The van der Waals surface area contributed by atoms with Gasteiger partial charge < -0.3 is 10.3 Å². The quantitative estimate of drug-likeness (QED) is 0.691. The Hall–Kier alpha value is -2.36. The lowest BCUT2D eigenvalue weighted by molar-refractivity contribution is 0.439. The van der Waals surface area contributed by atoms with E-state index in [-0.39, 0.29) is 0 Å². The van der Waals surface area contributed by atoms with Crippen molar-refractivity contribution < 1.29 is 4.52 Å². The van der Waals surface area contributed by atoms with Crippen LogP contribution in [0.1, 0.15) is 5.56 Å². The highest BCUT2D eigenvalue weighted by Gasteiger charge is 2.13. The van der Waals surface area contributed by atoms with Crippen molar-refractivity contribution in [3.8, 4) is 11.3 Å². The molecule has 0 saturated heterocycles. The molecular weight excluding hydrogens is 214 g/mol. The summed E-state index contributed by atoms with van der Waals surface area (Å²) in [4.78, 5) is 4.31. The van der Waals surface area contributed by atoms with Crippen molar-refractivity contribution in [2.45, 2.75) is 6.92 Å². The molecule has 3 aromatic rings. The van der Waals surface area contributed by atoms with E-state index in [1.54, 1.807) is 6.20 Å². The number of anilines is 1. The fourth-order valence-electron chi connectivity index (χ4n) is 1.91. The molecule has 2 N–H and O–H groups in total. The van der Waals surface area contributed by atoms with Gasteiger partial charge >= 0.3 is 0 Å². The molecule has 0 aliphatic heterocycles. The topological polar surface area (TPSA) is 64.9 Å². The number of hydrogen-bond acceptors (Lipinski definition) is 4. The summed E-state index contributed by atoms with van der Waals surface area (Å²) in [6, 6.07) is 9.84. The maximum Gasteiger partial charge on any atom is 0.225 e. The standard InChI is InChI=1S/C13H11N3O/c1-8-12(16-17-13(8)14)10-4-2-6-11-9(10)5-3-7-15-11/h2-7H,14H2,1H3. The molecule has 0 aliphatic carbocycles. The Bertz CT molecular complexity index is 683. The van der Waals surface area contributed by atoms with Crippen molar-refractivity contribution in [2.24, 2.45) is 0 Å². The van der Waals surface area contributed by atoms with Gasteiger partial charge in [0.2, 0.25) is 5.88 Å². The Morgan fingerprint density at radius 3 is 2.82 bits per heavy atom. The third-order valence-electron chi connectivity index (χ3n) is 2.86. The second kappa shape index (κ2) is 3.59. The highest BCUT2D eigenvalue weighted by Crippen LogP contribution is 2.31. The zero-order chi connectivity index (χ0) is 11.8. The summed E-state index contributed by atoms with van der Waals surface area (Å²) >= 11 is 0. The van der Waals surface area contributed by atoms with Gasteiger partial charge in [0, 0.05) is 22.7 Å². The van der Waals surface area contributed by atoms with Gasteiger partial charge in [0.15, 0.2) is 0 Å². The maximum absolute atomic E-state index is 5.68. The number of benzene rings is 1. The van der Waals surface area contributed by atoms with Crippen LogP contribution < -0.4 is 5.73 Å². The minimum Gasteiger partial charge on any atom is -0.367 e. The Labute approximate surface area is 98.1 Å². The second-order valence-corrected chi connectivity index (χ2v) is 3.90. The molecule has 0 bridgehead atoms. The van der Waals surface area contributed by atoms with Gasteiger partial charge in [0.1, 0.15) is 5.69 Å². The molecule has 0 aliphatic rings. The van der Waals surface area contributed by atoms with E-state index in [2.05, 4.69) is 10.1 Å². The average Bonchev–Trinajstić information content (AvgIpc) is 2.69. The Morgan fingerprint density at radius 2 is 2.06 bits per heavy atom. The summed E-state index contributed by atoms with van der Waals surface area (Å²) in [6.07, 6.45) is 1.77. The predicted octanol–water partition coefficient (Wildman–Crippen LogP) is 2.78. The van der Waals surface area contributed by atoms with Crippen molar-refractivity contribution in [3.63, 3.8) is 0 Å². The first-order chi connectivity index (χ1) is 8.27. The summed E-state index contributed by atoms with van der Waals surface area (Å²) < 4.78 is 5.01. The second-order valence-electron chi connectivity index (χ2n) is 3.90. The van der Waals surface area contributed by atoms with Crippen LogP contribution in [0, 0.1) is 6.92 Å². The van der Waals surface area contributed by atoms with E-state index >= 15 is 0 Å². The van der Waals surface area contributed by atoms with E-state index < -0.39 is 0 Å². The monoisotopic (exact) mass is 225 g/mol. The fourth-order valence-corrected chi connectivity index (χ4v) is 1.91. The van der Waals surface area contributed by atoms with Gasteiger partial charge in [-0.25, -0.2) is 0 Å². The van der Waals surface area contributed by atoms with Crippen LogP contribution in [0.15, 0.2) is 41.1 Å². The summed E-state index contributed by atoms with van der Waals surface area (Å²) in [7, 11) is 0. The third-order valence-corrected chi connectivity index (χ3v) is 2.86. The number of aromatic nitrogens is 2. The number of nitrogens with two attached hydrogens (primary N) is 1. The van der Waals surface area contributed by atoms with Crippen molar-refractivity contribution in [2.75, 3.05) is 5.73 Å². The molecule has 0 atom stereocenters. The molecular formula is C13H11N3O. The predicted molar refractivity (Wildman–Crippen MR) is 66.4 cm³/mol. The van der Waals surface area contributed by atoms with Gasteiger partial charge in [0.05, 0.1) is 5.52 Å². The lowest BCUT2D eigenvalue weighted by atomic mass is 10.0. The average molecular weight is 225 g/mol. The van der Waals surface area contributed by atoms with Gasteiger partial charge in [-0.15, -0.1) is 0 Å². The van der Waals surface area contributed by atoms with Gasteiger partial charge in [-0.2, -0.15) is 0 Å². The van der Waals surface area contributed by atoms with E-state index in [1.807, 2.05) is 37.3 Å². The molecule has 3 rings (SSSR count). The maximum atomic E-state index is 5.68. The molecule has 17 heavy (non-hydrogen) atoms. The lowest BCUT2D eigenvalue weighted by Crippen LogP contribution is -1.87.